The van der Waals surface area contributed by atoms with E-state index in [1.54, 1.807) is 6.92 Å². The highest BCUT2D eigenvalue weighted by Crippen LogP contribution is 2.49. The molecule has 2 saturated carbocycles. The van der Waals surface area contributed by atoms with Crippen molar-refractivity contribution >= 4 is 17.7 Å². The van der Waals surface area contributed by atoms with Crippen molar-refractivity contribution in [3.63, 3.8) is 0 Å². The first-order chi connectivity index (χ1) is 14.4. The molecule has 6 nitrogen and oxygen atoms in total. The van der Waals surface area contributed by atoms with Crippen molar-refractivity contribution in [3.8, 4) is 0 Å². The number of nitrogens with one attached hydrogen (secondary N) is 1. The maximum atomic E-state index is 13.2. The molecule has 168 valence electrons. The van der Waals surface area contributed by atoms with E-state index in [0.717, 1.165) is 58.3 Å². The summed E-state index contributed by atoms with van der Waals surface area (Å²) in [5, 5.41) is 3.12. The van der Waals surface area contributed by atoms with Gasteiger partial charge in [0.25, 0.3) is 0 Å². The second-order valence-electron chi connectivity index (χ2n) is 10.4. The number of nitrogens with zero attached hydrogens (tertiary/aromatic N) is 2. The third kappa shape index (κ3) is 5.17. The summed E-state index contributed by atoms with van der Waals surface area (Å²) in [6.07, 6.45) is 12.5. The average molecular weight is 418 g/mol. The van der Waals surface area contributed by atoms with Gasteiger partial charge in [0.1, 0.15) is 0 Å². The van der Waals surface area contributed by atoms with Crippen LogP contribution in [0.1, 0.15) is 84.0 Å². The van der Waals surface area contributed by atoms with E-state index in [0.29, 0.717) is 36.6 Å². The van der Waals surface area contributed by atoms with Gasteiger partial charge in [-0.25, -0.2) is 0 Å². The van der Waals surface area contributed by atoms with Crippen LogP contribution >= 0.6 is 0 Å². The average Bonchev–Trinajstić information content (AvgIpc) is 3.48. The molecular weight excluding hydrogens is 378 g/mol. The molecule has 3 amide bonds. The van der Waals surface area contributed by atoms with Gasteiger partial charge in [-0.15, -0.1) is 0 Å². The number of carbonyl (C=O) groups is 3. The molecule has 0 aromatic rings. The molecule has 0 radical (unpaired) electrons. The first kappa shape index (κ1) is 21.6. The first-order valence-electron chi connectivity index (χ1n) is 12.3. The van der Waals surface area contributed by atoms with Gasteiger partial charge in [0, 0.05) is 52.0 Å². The lowest BCUT2D eigenvalue weighted by Gasteiger charge is -2.38. The lowest BCUT2D eigenvalue weighted by atomic mass is 9.66. The van der Waals surface area contributed by atoms with Crippen LogP contribution in [0.2, 0.25) is 0 Å². The highest BCUT2D eigenvalue weighted by atomic mass is 16.2. The summed E-state index contributed by atoms with van der Waals surface area (Å²) in [5.74, 6) is 1.51. The van der Waals surface area contributed by atoms with E-state index < -0.39 is 0 Å². The third-order valence-electron chi connectivity index (χ3n) is 8.20. The van der Waals surface area contributed by atoms with Gasteiger partial charge in [0.05, 0.1) is 0 Å². The zero-order chi connectivity index (χ0) is 21.1. The lowest BCUT2D eigenvalue weighted by Crippen LogP contribution is -2.39. The van der Waals surface area contributed by atoms with E-state index in [4.69, 9.17) is 0 Å². The molecule has 1 N–H and O–H groups in total. The van der Waals surface area contributed by atoms with Crippen LogP contribution in [-0.2, 0) is 14.4 Å². The van der Waals surface area contributed by atoms with Crippen molar-refractivity contribution in [3.05, 3.63) is 0 Å². The van der Waals surface area contributed by atoms with E-state index >= 15 is 0 Å². The fourth-order valence-electron chi connectivity index (χ4n) is 6.10. The topological polar surface area (TPSA) is 69.7 Å². The molecule has 2 aliphatic carbocycles. The smallest absolute Gasteiger partial charge is 0.222 e. The van der Waals surface area contributed by atoms with Gasteiger partial charge in [-0.1, -0.05) is 19.3 Å². The fourth-order valence-corrected chi connectivity index (χ4v) is 6.10. The largest absolute Gasteiger partial charge is 0.353 e. The van der Waals surface area contributed by atoms with E-state index in [1.807, 2.05) is 4.90 Å². The molecule has 4 rings (SSSR count). The third-order valence-corrected chi connectivity index (χ3v) is 8.20. The molecular formula is C24H39N3O3. The van der Waals surface area contributed by atoms with E-state index in [9.17, 15) is 14.4 Å². The Morgan fingerprint density at radius 3 is 2.30 bits per heavy atom. The molecule has 2 saturated heterocycles. The van der Waals surface area contributed by atoms with Crippen LogP contribution in [0.5, 0.6) is 0 Å². The predicted octanol–water partition coefficient (Wildman–Crippen LogP) is 3.10. The van der Waals surface area contributed by atoms with Crippen LogP contribution in [-0.4, -0.2) is 59.7 Å². The number of amides is 3. The second-order valence-corrected chi connectivity index (χ2v) is 10.4. The van der Waals surface area contributed by atoms with Crippen molar-refractivity contribution in [1.82, 2.24) is 15.1 Å². The monoisotopic (exact) mass is 417 g/mol. The molecule has 6 heteroatoms. The zero-order valence-corrected chi connectivity index (χ0v) is 18.7. The van der Waals surface area contributed by atoms with Gasteiger partial charge in [0.2, 0.25) is 17.7 Å². The lowest BCUT2D eigenvalue weighted by molar-refractivity contribution is -0.133. The Morgan fingerprint density at radius 2 is 1.67 bits per heavy atom. The number of likely N-dealkylation sites (tertiary alicyclic amines) is 2. The van der Waals surface area contributed by atoms with Gasteiger partial charge in [-0.2, -0.15) is 0 Å². The van der Waals surface area contributed by atoms with Crippen molar-refractivity contribution < 1.29 is 14.4 Å². The minimum atomic E-state index is 0.145. The van der Waals surface area contributed by atoms with Gasteiger partial charge in [-0.3, -0.25) is 14.4 Å². The maximum absolute atomic E-state index is 13.2. The van der Waals surface area contributed by atoms with Crippen LogP contribution in [0.4, 0.5) is 0 Å². The predicted molar refractivity (Wildman–Crippen MR) is 116 cm³/mol. The van der Waals surface area contributed by atoms with Gasteiger partial charge in [0.15, 0.2) is 0 Å². The summed E-state index contributed by atoms with van der Waals surface area (Å²) in [5.41, 5.74) is 0.242. The van der Waals surface area contributed by atoms with Crippen LogP contribution in [0.25, 0.3) is 0 Å². The SMILES string of the molecule is CC(=O)N1CCC(CC(=O)N2CC(CCC(=O)NC3CC3)C3(CCCCC3)C2)CC1. The molecule has 4 aliphatic rings. The summed E-state index contributed by atoms with van der Waals surface area (Å²) in [6, 6.07) is 0.428. The van der Waals surface area contributed by atoms with Crippen molar-refractivity contribution in [1.29, 1.82) is 0 Å². The Balaban J connectivity index is 1.31. The number of hydrogen-bond acceptors (Lipinski definition) is 3. The molecule has 30 heavy (non-hydrogen) atoms. The van der Waals surface area contributed by atoms with Crippen LogP contribution in [0.15, 0.2) is 0 Å². The minimum Gasteiger partial charge on any atom is -0.353 e. The van der Waals surface area contributed by atoms with Crippen molar-refractivity contribution in [2.24, 2.45) is 17.3 Å². The summed E-state index contributed by atoms with van der Waals surface area (Å²) in [6.45, 7) is 4.94. The molecule has 4 fully saturated rings. The first-order valence-corrected chi connectivity index (χ1v) is 12.3. The normalized spacial score (nSPS) is 26.8. The Morgan fingerprint density at radius 1 is 0.967 bits per heavy atom. The summed E-state index contributed by atoms with van der Waals surface area (Å²) >= 11 is 0. The van der Waals surface area contributed by atoms with E-state index in [-0.39, 0.29) is 17.2 Å². The van der Waals surface area contributed by atoms with Gasteiger partial charge >= 0.3 is 0 Å². The molecule has 0 aromatic heterocycles. The van der Waals surface area contributed by atoms with Gasteiger partial charge in [-0.05, 0) is 62.2 Å². The van der Waals surface area contributed by atoms with Crippen molar-refractivity contribution in [2.45, 2.75) is 90.0 Å². The van der Waals surface area contributed by atoms with Gasteiger partial charge < -0.3 is 15.1 Å². The second kappa shape index (κ2) is 9.27. The van der Waals surface area contributed by atoms with Crippen LogP contribution in [0, 0.1) is 17.3 Å². The number of piperidine rings is 1. The Bertz CT molecular complexity index is 646. The fraction of sp³-hybridized carbons (Fsp3) is 0.875. The quantitative estimate of drug-likeness (QED) is 0.722. The molecule has 2 aliphatic heterocycles. The zero-order valence-electron chi connectivity index (χ0n) is 18.7. The van der Waals surface area contributed by atoms with Crippen LogP contribution < -0.4 is 5.32 Å². The highest BCUT2D eigenvalue weighted by molar-refractivity contribution is 5.78. The number of hydrogen-bond donors (Lipinski definition) is 1. The molecule has 0 aromatic carbocycles. The maximum Gasteiger partial charge on any atom is 0.222 e. The summed E-state index contributed by atoms with van der Waals surface area (Å²) in [7, 11) is 0. The summed E-state index contributed by atoms with van der Waals surface area (Å²) < 4.78 is 0. The standard InChI is InChI=1S/C24H39N3O3/c1-18(28)26-13-9-19(10-14-26)15-23(30)27-16-20(5-8-22(29)25-21-6-7-21)24(17-27)11-3-2-4-12-24/h19-21H,2-17H2,1H3,(H,25,29). The molecule has 1 atom stereocenters. The number of carbonyl (C=O) groups excluding carboxylic acids is 3. The van der Waals surface area contributed by atoms with E-state index in [2.05, 4.69) is 10.2 Å². The Labute approximate surface area is 181 Å². The van der Waals surface area contributed by atoms with E-state index in [1.165, 1.54) is 32.1 Å². The van der Waals surface area contributed by atoms with Crippen LogP contribution in [0.3, 0.4) is 0 Å². The molecule has 2 heterocycles. The van der Waals surface area contributed by atoms with Crippen molar-refractivity contribution in [2.75, 3.05) is 26.2 Å². The molecule has 1 unspecified atom stereocenters. The Kier molecular flexibility index (Phi) is 6.69. The number of rotatable bonds is 6. The Hall–Kier alpha value is -1.59. The minimum absolute atomic E-state index is 0.145. The molecule has 1 spiro atoms. The summed E-state index contributed by atoms with van der Waals surface area (Å²) in [4.78, 5) is 41.0. The molecule has 0 bridgehead atoms. The highest BCUT2D eigenvalue weighted by Gasteiger charge is 2.48.